The molecule has 8 heteroatoms. The van der Waals surface area contributed by atoms with Gasteiger partial charge in [0.25, 0.3) is 5.91 Å². The number of nitrogens with zero attached hydrogens (tertiary/aromatic N) is 2. The van der Waals surface area contributed by atoms with Crippen LogP contribution in [0.3, 0.4) is 0 Å². The molecule has 0 fully saturated rings. The maximum atomic E-state index is 12.9. The first kappa shape index (κ1) is 21.8. The number of methoxy groups -OCH3 is 1. The Balaban J connectivity index is 1.78. The van der Waals surface area contributed by atoms with Crippen LogP contribution in [0.1, 0.15) is 42.4 Å². The van der Waals surface area contributed by atoms with E-state index in [1.165, 1.54) is 6.20 Å². The van der Waals surface area contributed by atoms with Gasteiger partial charge in [-0.1, -0.05) is 26.0 Å². The van der Waals surface area contributed by atoms with Gasteiger partial charge in [0.1, 0.15) is 23.5 Å². The molecule has 31 heavy (non-hydrogen) atoms. The molecule has 2 amide bonds. The van der Waals surface area contributed by atoms with Crippen LogP contribution >= 0.6 is 0 Å². The number of carbonyl (C=O) groups is 2. The first-order valence-corrected chi connectivity index (χ1v) is 9.99. The van der Waals surface area contributed by atoms with Gasteiger partial charge < -0.3 is 20.4 Å². The third kappa shape index (κ3) is 5.20. The number of carbonyl (C=O) groups excluding carboxylic acids is 2. The molecule has 0 radical (unpaired) electrons. The molecular weight excluding hydrogens is 394 g/mol. The lowest BCUT2D eigenvalue weighted by Crippen LogP contribution is -2.48. The van der Waals surface area contributed by atoms with Crippen molar-refractivity contribution >= 4 is 22.7 Å². The van der Waals surface area contributed by atoms with Crippen LogP contribution < -0.4 is 15.4 Å². The molecule has 0 saturated heterocycles. The second-order valence-electron chi connectivity index (χ2n) is 7.62. The zero-order valence-corrected chi connectivity index (χ0v) is 17.7. The van der Waals surface area contributed by atoms with E-state index in [2.05, 4.69) is 26.7 Å². The van der Waals surface area contributed by atoms with Gasteiger partial charge in [0, 0.05) is 28.9 Å². The van der Waals surface area contributed by atoms with E-state index in [1.54, 1.807) is 31.5 Å². The Morgan fingerprint density at radius 1 is 1.23 bits per heavy atom. The minimum atomic E-state index is -0.856. The lowest BCUT2D eigenvalue weighted by Gasteiger charge is -2.21. The highest BCUT2D eigenvalue weighted by atomic mass is 16.5. The number of fused-ring (bicyclic) bond motifs is 1. The number of nitriles is 1. The Morgan fingerprint density at radius 3 is 2.68 bits per heavy atom. The lowest BCUT2D eigenvalue weighted by atomic mass is 10.0. The van der Waals surface area contributed by atoms with Crippen molar-refractivity contribution in [2.45, 2.75) is 32.4 Å². The third-order valence-corrected chi connectivity index (χ3v) is 4.85. The molecule has 2 atom stereocenters. The highest BCUT2D eigenvalue weighted by molar-refractivity contribution is 6.01. The summed E-state index contributed by atoms with van der Waals surface area (Å²) in [5.74, 6) is -0.0320. The number of aromatic nitrogens is 2. The summed E-state index contributed by atoms with van der Waals surface area (Å²) in [5.41, 5.74) is 1.66. The number of benzene rings is 1. The van der Waals surface area contributed by atoms with Gasteiger partial charge in [-0.2, -0.15) is 5.26 Å². The summed E-state index contributed by atoms with van der Waals surface area (Å²) in [6.45, 7) is 3.92. The second-order valence-corrected chi connectivity index (χ2v) is 7.62. The van der Waals surface area contributed by atoms with E-state index in [0.29, 0.717) is 23.4 Å². The lowest BCUT2D eigenvalue weighted by molar-refractivity contribution is -0.123. The van der Waals surface area contributed by atoms with Crippen LogP contribution in [0.4, 0.5) is 0 Å². The van der Waals surface area contributed by atoms with Crippen molar-refractivity contribution in [3.8, 4) is 11.8 Å². The summed E-state index contributed by atoms with van der Waals surface area (Å²) in [7, 11) is 1.57. The van der Waals surface area contributed by atoms with Crippen LogP contribution in [0.25, 0.3) is 10.9 Å². The summed E-state index contributed by atoms with van der Waals surface area (Å²) in [6, 6.07) is 11.0. The SMILES string of the molecule is COc1cccc2[nH]c(C(=O)NC(CC(C)C)C(=O)NC(C#N)c3cccnc3)cc12. The van der Waals surface area contributed by atoms with Crippen molar-refractivity contribution in [2.24, 2.45) is 5.92 Å². The normalized spacial score (nSPS) is 12.7. The first-order valence-electron chi connectivity index (χ1n) is 9.99. The third-order valence-electron chi connectivity index (χ3n) is 4.85. The van der Waals surface area contributed by atoms with Gasteiger partial charge in [0.2, 0.25) is 5.91 Å². The van der Waals surface area contributed by atoms with Crippen LogP contribution in [0.2, 0.25) is 0 Å². The van der Waals surface area contributed by atoms with Crippen LogP contribution in [0, 0.1) is 17.2 Å². The van der Waals surface area contributed by atoms with Crippen LogP contribution in [0.15, 0.2) is 48.8 Å². The predicted octanol–water partition coefficient (Wildman–Crippen LogP) is 3.10. The second kappa shape index (κ2) is 9.76. The van der Waals surface area contributed by atoms with Gasteiger partial charge in [0.15, 0.2) is 0 Å². The van der Waals surface area contributed by atoms with Crippen LogP contribution in [-0.4, -0.2) is 34.9 Å². The van der Waals surface area contributed by atoms with E-state index in [9.17, 15) is 14.9 Å². The quantitative estimate of drug-likeness (QED) is 0.518. The van der Waals surface area contributed by atoms with Crippen molar-refractivity contribution in [1.29, 1.82) is 5.26 Å². The van der Waals surface area contributed by atoms with Crippen LogP contribution in [0.5, 0.6) is 5.75 Å². The predicted molar refractivity (Wildman–Crippen MR) is 116 cm³/mol. The summed E-state index contributed by atoms with van der Waals surface area (Å²) in [6.07, 6.45) is 3.55. The molecule has 0 saturated carbocycles. The van der Waals surface area contributed by atoms with E-state index in [1.807, 2.05) is 32.0 Å². The molecule has 3 aromatic rings. The average molecular weight is 419 g/mol. The van der Waals surface area contributed by atoms with E-state index >= 15 is 0 Å². The number of ether oxygens (including phenoxy) is 1. The monoisotopic (exact) mass is 419 g/mol. The van der Waals surface area contributed by atoms with Crippen molar-refractivity contribution < 1.29 is 14.3 Å². The molecule has 3 rings (SSSR count). The highest BCUT2D eigenvalue weighted by Gasteiger charge is 2.26. The van der Waals surface area contributed by atoms with Gasteiger partial charge in [-0.3, -0.25) is 14.6 Å². The minimum absolute atomic E-state index is 0.151. The summed E-state index contributed by atoms with van der Waals surface area (Å²) in [4.78, 5) is 32.9. The number of hydrogen-bond donors (Lipinski definition) is 3. The largest absolute Gasteiger partial charge is 0.496 e. The Labute approximate surface area is 180 Å². The van der Waals surface area contributed by atoms with E-state index < -0.39 is 23.9 Å². The van der Waals surface area contributed by atoms with Crippen molar-refractivity contribution in [2.75, 3.05) is 7.11 Å². The molecule has 0 aliphatic heterocycles. The molecule has 0 spiro atoms. The number of amides is 2. The Morgan fingerprint density at radius 2 is 2.03 bits per heavy atom. The maximum Gasteiger partial charge on any atom is 0.268 e. The Kier molecular flexibility index (Phi) is 6.88. The molecular formula is C23H25N5O3. The van der Waals surface area contributed by atoms with Gasteiger partial charge in [-0.15, -0.1) is 0 Å². The molecule has 1 aromatic carbocycles. The summed E-state index contributed by atoms with van der Waals surface area (Å²) < 4.78 is 5.34. The number of aromatic amines is 1. The highest BCUT2D eigenvalue weighted by Crippen LogP contribution is 2.26. The van der Waals surface area contributed by atoms with E-state index in [-0.39, 0.29) is 5.92 Å². The number of H-pyrrole nitrogens is 1. The molecule has 0 aliphatic carbocycles. The molecule has 2 aromatic heterocycles. The summed E-state index contributed by atoms with van der Waals surface area (Å²) >= 11 is 0. The van der Waals surface area contributed by atoms with Gasteiger partial charge in [0.05, 0.1) is 13.2 Å². The molecule has 3 N–H and O–H groups in total. The van der Waals surface area contributed by atoms with Gasteiger partial charge in [-0.25, -0.2) is 0 Å². The van der Waals surface area contributed by atoms with E-state index in [0.717, 1.165) is 10.9 Å². The fourth-order valence-electron chi connectivity index (χ4n) is 3.35. The first-order chi connectivity index (χ1) is 14.9. The average Bonchev–Trinajstić information content (AvgIpc) is 3.21. The Bertz CT molecular complexity index is 1100. The molecule has 8 nitrogen and oxygen atoms in total. The summed E-state index contributed by atoms with van der Waals surface area (Å²) in [5, 5.41) is 15.8. The Hall–Kier alpha value is -3.86. The van der Waals surface area contributed by atoms with Gasteiger partial charge in [-0.05, 0) is 36.6 Å². The van der Waals surface area contributed by atoms with E-state index in [4.69, 9.17) is 4.74 Å². The fraction of sp³-hybridized carbons (Fsp3) is 0.304. The maximum absolute atomic E-state index is 12.9. The minimum Gasteiger partial charge on any atom is -0.496 e. The topological polar surface area (TPSA) is 120 Å². The molecule has 2 unspecified atom stereocenters. The molecule has 2 heterocycles. The number of nitrogens with one attached hydrogen (secondary N) is 3. The smallest absolute Gasteiger partial charge is 0.268 e. The molecule has 160 valence electrons. The van der Waals surface area contributed by atoms with Crippen molar-refractivity contribution in [3.63, 3.8) is 0 Å². The molecule has 0 bridgehead atoms. The standard InChI is InChI=1S/C23H25N5O3/c1-14(2)10-18(22(29)28-20(12-24)15-6-5-9-25-13-15)27-23(30)19-11-16-17(26-19)7-4-8-21(16)31-3/h4-9,11,13-14,18,20,26H,10H2,1-3H3,(H,27,30)(H,28,29). The number of rotatable bonds is 8. The van der Waals surface area contributed by atoms with Crippen LogP contribution in [-0.2, 0) is 4.79 Å². The molecule has 0 aliphatic rings. The van der Waals surface area contributed by atoms with Crippen molar-refractivity contribution in [3.05, 3.63) is 60.0 Å². The zero-order chi connectivity index (χ0) is 22.4. The number of pyridine rings is 1. The van der Waals surface area contributed by atoms with Crippen molar-refractivity contribution in [1.82, 2.24) is 20.6 Å². The van der Waals surface area contributed by atoms with Gasteiger partial charge >= 0.3 is 0 Å². The number of hydrogen-bond acceptors (Lipinski definition) is 5. The zero-order valence-electron chi connectivity index (χ0n) is 17.7. The fourth-order valence-corrected chi connectivity index (χ4v) is 3.35.